The third kappa shape index (κ3) is 5.30. The van der Waals surface area contributed by atoms with Gasteiger partial charge in [-0.25, -0.2) is 4.98 Å². The highest BCUT2D eigenvalue weighted by molar-refractivity contribution is 9.10. The molecule has 3 rings (SSSR count). The predicted molar refractivity (Wildman–Crippen MR) is 109 cm³/mol. The lowest BCUT2D eigenvalue weighted by molar-refractivity contribution is 0.395. The molecule has 140 valence electrons. The summed E-state index contributed by atoms with van der Waals surface area (Å²) in [7, 11) is 3.22. The Morgan fingerprint density at radius 3 is 2.41 bits per heavy atom. The molecule has 0 aliphatic heterocycles. The number of halogens is 1. The smallest absolute Gasteiger partial charge is 0.229 e. The normalized spacial score (nSPS) is 10.3. The lowest BCUT2D eigenvalue weighted by Gasteiger charge is -2.12. The Labute approximate surface area is 166 Å². The minimum Gasteiger partial charge on any atom is -0.497 e. The van der Waals surface area contributed by atoms with Gasteiger partial charge in [0.25, 0.3) is 0 Å². The lowest BCUT2D eigenvalue weighted by Crippen LogP contribution is -2.08. The van der Waals surface area contributed by atoms with E-state index in [0.29, 0.717) is 17.4 Å². The van der Waals surface area contributed by atoms with Gasteiger partial charge in [0.05, 0.1) is 18.7 Å². The zero-order chi connectivity index (χ0) is 19.1. The molecule has 2 heterocycles. The monoisotopic (exact) mass is 429 g/mol. The van der Waals surface area contributed by atoms with Crippen molar-refractivity contribution in [3.63, 3.8) is 0 Å². The van der Waals surface area contributed by atoms with E-state index < -0.39 is 0 Å². The first-order valence-corrected chi connectivity index (χ1v) is 9.12. The number of rotatable bonds is 8. The summed E-state index contributed by atoms with van der Waals surface area (Å²) < 4.78 is 11.4. The number of pyridine rings is 1. The summed E-state index contributed by atoms with van der Waals surface area (Å²) in [5.41, 5.74) is 1.99. The number of methoxy groups -OCH3 is 2. The van der Waals surface area contributed by atoms with Crippen molar-refractivity contribution in [1.82, 2.24) is 15.0 Å². The van der Waals surface area contributed by atoms with Crippen molar-refractivity contribution in [3.8, 4) is 11.5 Å². The average Bonchev–Trinajstić information content (AvgIpc) is 2.70. The molecule has 7 nitrogen and oxygen atoms in total. The van der Waals surface area contributed by atoms with Gasteiger partial charge < -0.3 is 20.1 Å². The molecular weight excluding hydrogens is 410 g/mol. The third-order valence-corrected chi connectivity index (χ3v) is 4.39. The van der Waals surface area contributed by atoms with E-state index in [0.717, 1.165) is 28.9 Å². The number of ether oxygens (including phenoxy) is 2. The van der Waals surface area contributed by atoms with Crippen LogP contribution in [0.4, 0.5) is 17.5 Å². The van der Waals surface area contributed by atoms with Crippen LogP contribution in [-0.4, -0.2) is 35.7 Å². The molecule has 0 aliphatic rings. The Balaban J connectivity index is 1.69. The Bertz CT molecular complexity index is 870. The van der Waals surface area contributed by atoms with E-state index >= 15 is 0 Å². The number of anilines is 3. The van der Waals surface area contributed by atoms with Crippen LogP contribution in [0.5, 0.6) is 11.5 Å². The maximum atomic E-state index is 5.29. The Hall–Kier alpha value is -2.87. The van der Waals surface area contributed by atoms with Crippen molar-refractivity contribution >= 4 is 33.4 Å². The van der Waals surface area contributed by atoms with Gasteiger partial charge in [-0.05, 0) is 40.0 Å². The zero-order valence-corrected chi connectivity index (χ0v) is 16.7. The molecule has 3 aromatic rings. The van der Waals surface area contributed by atoms with Gasteiger partial charge >= 0.3 is 0 Å². The van der Waals surface area contributed by atoms with Crippen molar-refractivity contribution < 1.29 is 9.47 Å². The fraction of sp³-hybridized carbons (Fsp3) is 0.211. The topological polar surface area (TPSA) is 81.2 Å². The van der Waals surface area contributed by atoms with Crippen molar-refractivity contribution in [3.05, 3.63) is 59.0 Å². The first-order chi connectivity index (χ1) is 13.2. The number of hydrogen-bond donors (Lipinski definition) is 2. The van der Waals surface area contributed by atoms with Crippen LogP contribution in [0.15, 0.2) is 53.4 Å². The maximum absolute atomic E-state index is 5.29. The first-order valence-electron chi connectivity index (χ1n) is 8.33. The molecule has 8 heteroatoms. The van der Waals surface area contributed by atoms with E-state index in [1.54, 1.807) is 38.9 Å². The molecule has 0 saturated carbocycles. The molecule has 0 amide bonds. The van der Waals surface area contributed by atoms with E-state index in [2.05, 4.69) is 41.5 Å². The van der Waals surface area contributed by atoms with Crippen LogP contribution >= 0.6 is 15.9 Å². The fourth-order valence-electron chi connectivity index (χ4n) is 2.43. The summed E-state index contributed by atoms with van der Waals surface area (Å²) in [5.74, 6) is 2.56. The SMILES string of the molecule is COc1cc(Nc2ncc(Br)c(NCCc3ccncc3)n2)cc(OC)c1. The minimum atomic E-state index is 0.472. The fourth-order valence-corrected chi connectivity index (χ4v) is 2.77. The summed E-state index contributed by atoms with van der Waals surface area (Å²) in [5, 5.41) is 6.50. The van der Waals surface area contributed by atoms with Gasteiger partial charge in [0.1, 0.15) is 17.3 Å². The van der Waals surface area contributed by atoms with Gasteiger partial charge in [0.15, 0.2) is 0 Å². The van der Waals surface area contributed by atoms with Gasteiger partial charge in [0.2, 0.25) is 5.95 Å². The van der Waals surface area contributed by atoms with Crippen molar-refractivity contribution in [2.45, 2.75) is 6.42 Å². The molecule has 0 atom stereocenters. The first kappa shape index (κ1) is 18.9. The minimum absolute atomic E-state index is 0.472. The molecule has 2 aromatic heterocycles. The van der Waals surface area contributed by atoms with Crippen LogP contribution in [0.1, 0.15) is 5.56 Å². The summed E-state index contributed by atoms with van der Waals surface area (Å²) in [6.07, 6.45) is 6.16. The largest absolute Gasteiger partial charge is 0.497 e. The number of nitrogens with one attached hydrogen (secondary N) is 2. The van der Waals surface area contributed by atoms with E-state index in [1.165, 1.54) is 5.56 Å². The van der Waals surface area contributed by atoms with Gasteiger partial charge in [0, 0.05) is 49.0 Å². The highest BCUT2D eigenvalue weighted by Crippen LogP contribution is 2.28. The molecule has 1 aromatic carbocycles. The molecule has 0 bridgehead atoms. The molecule has 0 spiro atoms. The van der Waals surface area contributed by atoms with E-state index in [9.17, 15) is 0 Å². The molecule has 0 fully saturated rings. The van der Waals surface area contributed by atoms with Crippen LogP contribution in [-0.2, 0) is 6.42 Å². The molecule has 0 saturated heterocycles. The van der Waals surface area contributed by atoms with Crippen molar-refractivity contribution in [2.75, 3.05) is 31.4 Å². The van der Waals surface area contributed by atoms with Gasteiger partial charge in [-0.1, -0.05) is 0 Å². The summed E-state index contributed by atoms with van der Waals surface area (Å²) in [4.78, 5) is 12.9. The number of aromatic nitrogens is 3. The van der Waals surface area contributed by atoms with Crippen LogP contribution in [0.2, 0.25) is 0 Å². The molecular formula is C19H20BrN5O2. The number of hydrogen-bond acceptors (Lipinski definition) is 7. The summed E-state index contributed by atoms with van der Waals surface area (Å²) >= 11 is 3.48. The second-order valence-corrected chi connectivity index (χ2v) is 6.50. The molecule has 2 N–H and O–H groups in total. The number of nitrogens with zero attached hydrogens (tertiary/aromatic N) is 3. The van der Waals surface area contributed by atoms with Crippen LogP contribution in [0.25, 0.3) is 0 Å². The Morgan fingerprint density at radius 2 is 1.74 bits per heavy atom. The van der Waals surface area contributed by atoms with E-state index in [1.807, 2.05) is 24.3 Å². The lowest BCUT2D eigenvalue weighted by atomic mass is 10.2. The van der Waals surface area contributed by atoms with Crippen LogP contribution < -0.4 is 20.1 Å². The standard InChI is InChI=1S/C19H20BrN5O2/c1-26-15-9-14(10-16(11-15)27-2)24-19-23-12-17(20)18(25-19)22-8-5-13-3-6-21-7-4-13/h3-4,6-7,9-12H,5,8H2,1-2H3,(H2,22,23,24,25). The van der Waals surface area contributed by atoms with Crippen LogP contribution in [0.3, 0.4) is 0 Å². The Morgan fingerprint density at radius 1 is 1.04 bits per heavy atom. The maximum Gasteiger partial charge on any atom is 0.229 e. The second-order valence-electron chi connectivity index (χ2n) is 5.65. The van der Waals surface area contributed by atoms with E-state index in [4.69, 9.17) is 9.47 Å². The highest BCUT2D eigenvalue weighted by atomic mass is 79.9. The zero-order valence-electron chi connectivity index (χ0n) is 15.1. The highest BCUT2D eigenvalue weighted by Gasteiger charge is 2.07. The second kappa shape index (κ2) is 9.18. The molecule has 0 unspecified atom stereocenters. The average molecular weight is 430 g/mol. The quantitative estimate of drug-likeness (QED) is 0.558. The number of benzene rings is 1. The molecule has 27 heavy (non-hydrogen) atoms. The summed E-state index contributed by atoms with van der Waals surface area (Å²) in [6.45, 7) is 0.742. The van der Waals surface area contributed by atoms with Gasteiger partial charge in [-0.3, -0.25) is 4.98 Å². The Kier molecular flexibility index (Phi) is 6.43. The van der Waals surface area contributed by atoms with Gasteiger partial charge in [-0.2, -0.15) is 4.98 Å². The van der Waals surface area contributed by atoms with E-state index in [-0.39, 0.29) is 0 Å². The van der Waals surface area contributed by atoms with Crippen molar-refractivity contribution in [1.29, 1.82) is 0 Å². The van der Waals surface area contributed by atoms with Crippen molar-refractivity contribution in [2.24, 2.45) is 0 Å². The van der Waals surface area contributed by atoms with Gasteiger partial charge in [-0.15, -0.1) is 0 Å². The van der Waals surface area contributed by atoms with Crippen LogP contribution in [0, 0.1) is 0 Å². The third-order valence-electron chi connectivity index (χ3n) is 3.81. The molecule has 0 aliphatic carbocycles. The molecule has 0 radical (unpaired) electrons. The summed E-state index contributed by atoms with van der Waals surface area (Å²) in [6, 6.07) is 9.51. The predicted octanol–water partition coefficient (Wildman–Crippen LogP) is 4.05.